The highest BCUT2D eigenvalue weighted by Gasteiger charge is 2.07. The van der Waals surface area contributed by atoms with Crippen molar-refractivity contribution < 1.29 is 0 Å². The monoisotopic (exact) mass is 254 g/mol. The first-order valence-corrected chi connectivity index (χ1v) is 6.72. The summed E-state index contributed by atoms with van der Waals surface area (Å²) in [6.45, 7) is 4.96. The SMILES string of the molecule is Cc1ccc(N(C)c2ccc(CCN)cc2C)cc1. The minimum absolute atomic E-state index is 0.701. The molecule has 0 atom stereocenters. The standard InChI is InChI=1S/C17H22N2/c1-13-4-7-16(8-5-13)19(3)17-9-6-15(10-11-18)12-14(17)2/h4-9,12H,10-11,18H2,1-3H3. The highest BCUT2D eigenvalue weighted by Crippen LogP contribution is 2.27. The lowest BCUT2D eigenvalue weighted by atomic mass is 10.1. The summed E-state index contributed by atoms with van der Waals surface area (Å²) >= 11 is 0. The van der Waals surface area contributed by atoms with Gasteiger partial charge in [-0.1, -0.05) is 29.8 Å². The Morgan fingerprint density at radius 1 is 1.00 bits per heavy atom. The Bertz CT molecular complexity index is 544. The van der Waals surface area contributed by atoms with Gasteiger partial charge in [0.05, 0.1) is 0 Å². The van der Waals surface area contributed by atoms with E-state index in [0.29, 0.717) is 6.54 Å². The molecular weight excluding hydrogens is 232 g/mol. The van der Waals surface area contributed by atoms with Crippen LogP contribution in [0.1, 0.15) is 16.7 Å². The molecule has 100 valence electrons. The van der Waals surface area contributed by atoms with Crippen molar-refractivity contribution in [1.82, 2.24) is 0 Å². The molecule has 0 aromatic heterocycles. The first-order chi connectivity index (χ1) is 9.11. The van der Waals surface area contributed by atoms with Crippen LogP contribution in [0, 0.1) is 13.8 Å². The van der Waals surface area contributed by atoms with Gasteiger partial charge in [-0.2, -0.15) is 0 Å². The van der Waals surface area contributed by atoms with Gasteiger partial charge in [0, 0.05) is 18.4 Å². The first-order valence-electron chi connectivity index (χ1n) is 6.72. The topological polar surface area (TPSA) is 29.3 Å². The largest absolute Gasteiger partial charge is 0.344 e. The van der Waals surface area contributed by atoms with Gasteiger partial charge in [0.1, 0.15) is 0 Å². The number of rotatable bonds is 4. The van der Waals surface area contributed by atoms with Crippen molar-refractivity contribution in [2.75, 3.05) is 18.5 Å². The molecule has 0 amide bonds. The van der Waals surface area contributed by atoms with Gasteiger partial charge in [-0.15, -0.1) is 0 Å². The van der Waals surface area contributed by atoms with Crippen LogP contribution in [-0.2, 0) is 6.42 Å². The lowest BCUT2D eigenvalue weighted by molar-refractivity contribution is 0.965. The molecule has 2 aromatic rings. The highest BCUT2D eigenvalue weighted by atomic mass is 15.1. The molecule has 0 unspecified atom stereocenters. The summed E-state index contributed by atoms with van der Waals surface area (Å²) in [5.74, 6) is 0. The van der Waals surface area contributed by atoms with Crippen LogP contribution in [0.25, 0.3) is 0 Å². The second-order valence-electron chi connectivity index (χ2n) is 5.05. The normalized spacial score (nSPS) is 10.5. The van der Waals surface area contributed by atoms with Crippen LogP contribution in [0.3, 0.4) is 0 Å². The van der Waals surface area contributed by atoms with Crippen LogP contribution in [-0.4, -0.2) is 13.6 Å². The van der Waals surface area contributed by atoms with E-state index in [1.807, 2.05) is 0 Å². The van der Waals surface area contributed by atoms with E-state index >= 15 is 0 Å². The molecule has 0 radical (unpaired) electrons. The molecule has 0 heterocycles. The zero-order chi connectivity index (χ0) is 13.8. The van der Waals surface area contributed by atoms with Gasteiger partial charge in [0.2, 0.25) is 0 Å². The lowest BCUT2D eigenvalue weighted by Gasteiger charge is -2.22. The third-order valence-electron chi connectivity index (χ3n) is 3.48. The minimum atomic E-state index is 0.701. The molecule has 0 aliphatic rings. The molecule has 2 heteroatoms. The number of hydrogen-bond acceptors (Lipinski definition) is 2. The van der Waals surface area contributed by atoms with Crippen LogP contribution < -0.4 is 10.6 Å². The molecular formula is C17H22N2. The smallest absolute Gasteiger partial charge is 0.0437 e. The van der Waals surface area contributed by atoms with Crippen LogP contribution in [0.2, 0.25) is 0 Å². The second-order valence-corrected chi connectivity index (χ2v) is 5.05. The van der Waals surface area contributed by atoms with Gasteiger partial charge in [0.25, 0.3) is 0 Å². The molecule has 2 N–H and O–H groups in total. The summed E-state index contributed by atoms with van der Waals surface area (Å²) in [6, 6.07) is 15.2. The number of benzene rings is 2. The van der Waals surface area contributed by atoms with E-state index in [9.17, 15) is 0 Å². The maximum absolute atomic E-state index is 5.60. The average Bonchev–Trinajstić information content (AvgIpc) is 2.39. The summed E-state index contributed by atoms with van der Waals surface area (Å²) in [5, 5.41) is 0. The van der Waals surface area contributed by atoms with E-state index < -0.39 is 0 Å². The number of nitrogens with zero attached hydrogens (tertiary/aromatic N) is 1. The quantitative estimate of drug-likeness (QED) is 0.903. The molecule has 0 saturated heterocycles. The highest BCUT2D eigenvalue weighted by molar-refractivity contribution is 5.66. The molecule has 0 fully saturated rings. The molecule has 2 rings (SSSR count). The molecule has 0 spiro atoms. The van der Waals surface area contributed by atoms with Crippen LogP contribution in [0.4, 0.5) is 11.4 Å². The fourth-order valence-corrected chi connectivity index (χ4v) is 2.32. The minimum Gasteiger partial charge on any atom is -0.344 e. The lowest BCUT2D eigenvalue weighted by Crippen LogP contribution is -2.11. The maximum Gasteiger partial charge on any atom is 0.0437 e. The second kappa shape index (κ2) is 5.89. The summed E-state index contributed by atoms with van der Waals surface area (Å²) in [5.41, 5.74) is 11.9. The number of nitrogens with two attached hydrogens (primary N) is 1. The van der Waals surface area contributed by atoms with Crippen molar-refractivity contribution in [2.45, 2.75) is 20.3 Å². The van der Waals surface area contributed by atoms with E-state index in [4.69, 9.17) is 5.73 Å². The van der Waals surface area contributed by atoms with Gasteiger partial charge < -0.3 is 10.6 Å². The molecule has 19 heavy (non-hydrogen) atoms. The fourth-order valence-electron chi connectivity index (χ4n) is 2.32. The number of anilines is 2. The Morgan fingerprint density at radius 3 is 2.26 bits per heavy atom. The zero-order valence-corrected chi connectivity index (χ0v) is 12.0. The van der Waals surface area contributed by atoms with Crippen LogP contribution >= 0.6 is 0 Å². The summed E-state index contributed by atoms with van der Waals surface area (Å²) < 4.78 is 0. The predicted octanol–water partition coefficient (Wildman–Crippen LogP) is 3.57. The summed E-state index contributed by atoms with van der Waals surface area (Å²) in [7, 11) is 2.11. The Kier molecular flexibility index (Phi) is 4.23. The Balaban J connectivity index is 2.28. The molecule has 0 aliphatic carbocycles. The van der Waals surface area contributed by atoms with Gasteiger partial charge in [0.15, 0.2) is 0 Å². The van der Waals surface area contributed by atoms with E-state index in [0.717, 1.165) is 6.42 Å². The Labute approximate surface area is 115 Å². The Hall–Kier alpha value is -1.80. The summed E-state index contributed by atoms with van der Waals surface area (Å²) in [4.78, 5) is 2.22. The average molecular weight is 254 g/mol. The van der Waals surface area contributed by atoms with E-state index in [-0.39, 0.29) is 0 Å². The fraction of sp³-hybridized carbons (Fsp3) is 0.294. The Morgan fingerprint density at radius 2 is 1.68 bits per heavy atom. The molecule has 0 bridgehead atoms. The van der Waals surface area contributed by atoms with Crippen molar-refractivity contribution in [2.24, 2.45) is 5.73 Å². The van der Waals surface area contributed by atoms with Crippen molar-refractivity contribution in [3.05, 3.63) is 59.2 Å². The predicted molar refractivity (Wildman–Crippen MR) is 83.2 cm³/mol. The molecule has 0 aliphatic heterocycles. The molecule has 2 aromatic carbocycles. The van der Waals surface area contributed by atoms with Gasteiger partial charge in [-0.05, 0) is 56.1 Å². The first kappa shape index (κ1) is 13.6. The molecule has 2 nitrogen and oxygen atoms in total. The van der Waals surface area contributed by atoms with E-state index in [2.05, 4.69) is 68.3 Å². The van der Waals surface area contributed by atoms with Crippen LogP contribution in [0.5, 0.6) is 0 Å². The van der Waals surface area contributed by atoms with Gasteiger partial charge in [-0.3, -0.25) is 0 Å². The van der Waals surface area contributed by atoms with Crippen molar-refractivity contribution >= 4 is 11.4 Å². The van der Waals surface area contributed by atoms with E-state index in [1.54, 1.807) is 0 Å². The van der Waals surface area contributed by atoms with Crippen LogP contribution in [0.15, 0.2) is 42.5 Å². The zero-order valence-electron chi connectivity index (χ0n) is 12.0. The van der Waals surface area contributed by atoms with Gasteiger partial charge >= 0.3 is 0 Å². The number of hydrogen-bond donors (Lipinski definition) is 1. The van der Waals surface area contributed by atoms with Gasteiger partial charge in [-0.25, -0.2) is 0 Å². The van der Waals surface area contributed by atoms with Crippen molar-refractivity contribution in [3.63, 3.8) is 0 Å². The van der Waals surface area contributed by atoms with Crippen molar-refractivity contribution in [3.8, 4) is 0 Å². The summed E-state index contributed by atoms with van der Waals surface area (Å²) in [6.07, 6.45) is 0.940. The maximum atomic E-state index is 5.60. The van der Waals surface area contributed by atoms with E-state index in [1.165, 1.54) is 28.1 Å². The third-order valence-corrected chi connectivity index (χ3v) is 3.48. The number of aryl methyl sites for hydroxylation is 2. The van der Waals surface area contributed by atoms with Crippen molar-refractivity contribution in [1.29, 1.82) is 0 Å². The molecule has 0 saturated carbocycles. The third kappa shape index (κ3) is 3.15.